The molecule has 2 rings (SSSR count). The molecule has 0 radical (unpaired) electrons. The first-order valence-corrected chi connectivity index (χ1v) is 8.12. The summed E-state index contributed by atoms with van der Waals surface area (Å²) in [4.78, 5) is 2.62. The highest BCUT2D eigenvalue weighted by atomic mass is 16.3. The van der Waals surface area contributed by atoms with E-state index in [1.807, 2.05) is 6.92 Å². The van der Waals surface area contributed by atoms with Gasteiger partial charge < -0.3 is 10.4 Å². The van der Waals surface area contributed by atoms with E-state index in [-0.39, 0.29) is 6.10 Å². The SMILES string of the molecule is CC(C)CNC1CC(C(C)O)CN(C(C)C2CC2)C1. The van der Waals surface area contributed by atoms with E-state index in [2.05, 4.69) is 31.0 Å². The maximum Gasteiger partial charge on any atom is 0.0553 e. The smallest absolute Gasteiger partial charge is 0.0553 e. The summed E-state index contributed by atoms with van der Waals surface area (Å²) in [6.45, 7) is 12.2. The molecule has 19 heavy (non-hydrogen) atoms. The normalized spacial score (nSPS) is 32.5. The average molecular weight is 268 g/mol. The molecule has 0 aromatic rings. The third-order valence-corrected chi connectivity index (χ3v) is 4.89. The second-order valence-corrected chi connectivity index (χ2v) is 7.27. The van der Waals surface area contributed by atoms with Crippen LogP contribution in [-0.2, 0) is 0 Å². The summed E-state index contributed by atoms with van der Waals surface area (Å²) in [5.74, 6) is 2.04. The maximum atomic E-state index is 9.97. The number of aliphatic hydroxyl groups excluding tert-OH is 1. The predicted molar refractivity (Wildman–Crippen MR) is 80.2 cm³/mol. The van der Waals surface area contributed by atoms with Crippen molar-refractivity contribution >= 4 is 0 Å². The van der Waals surface area contributed by atoms with Gasteiger partial charge in [-0.25, -0.2) is 0 Å². The van der Waals surface area contributed by atoms with Gasteiger partial charge in [0.2, 0.25) is 0 Å². The molecule has 0 spiro atoms. The second kappa shape index (κ2) is 6.55. The van der Waals surface area contributed by atoms with Gasteiger partial charge in [-0.3, -0.25) is 4.90 Å². The van der Waals surface area contributed by atoms with Crippen LogP contribution in [0, 0.1) is 17.8 Å². The summed E-state index contributed by atoms with van der Waals surface area (Å²) < 4.78 is 0. The quantitative estimate of drug-likeness (QED) is 0.774. The van der Waals surface area contributed by atoms with Crippen molar-refractivity contribution in [2.75, 3.05) is 19.6 Å². The van der Waals surface area contributed by atoms with E-state index in [0.29, 0.717) is 23.9 Å². The van der Waals surface area contributed by atoms with E-state index in [1.54, 1.807) is 0 Å². The van der Waals surface area contributed by atoms with Crippen LogP contribution in [0.1, 0.15) is 47.0 Å². The van der Waals surface area contributed by atoms with E-state index in [9.17, 15) is 5.11 Å². The third-order valence-electron chi connectivity index (χ3n) is 4.89. The van der Waals surface area contributed by atoms with Crippen molar-refractivity contribution in [3.8, 4) is 0 Å². The molecule has 2 aliphatic rings. The number of nitrogens with one attached hydrogen (secondary N) is 1. The van der Waals surface area contributed by atoms with Crippen LogP contribution in [0.4, 0.5) is 0 Å². The molecule has 1 aliphatic heterocycles. The molecule has 1 aliphatic carbocycles. The van der Waals surface area contributed by atoms with Gasteiger partial charge in [0.05, 0.1) is 6.10 Å². The Morgan fingerprint density at radius 2 is 1.79 bits per heavy atom. The van der Waals surface area contributed by atoms with Gasteiger partial charge in [-0.1, -0.05) is 13.8 Å². The second-order valence-electron chi connectivity index (χ2n) is 7.27. The van der Waals surface area contributed by atoms with Gasteiger partial charge in [0.1, 0.15) is 0 Å². The van der Waals surface area contributed by atoms with Gasteiger partial charge in [0.25, 0.3) is 0 Å². The van der Waals surface area contributed by atoms with Crippen LogP contribution in [0.25, 0.3) is 0 Å². The first-order chi connectivity index (χ1) is 8.97. The van der Waals surface area contributed by atoms with Crippen molar-refractivity contribution in [3.63, 3.8) is 0 Å². The minimum absolute atomic E-state index is 0.183. The molecule has 0 aromatic heterocycles. The molecule has 2 N–H and O–H groups in total. The Kier molecular flexibility index (Phi) is 5.27. The monoisotopic (exact) mass is 268 g/mol. The Bertz CT molecular complexity index is 276. The summed E-state index contributed by atoms with van der Waals surface area (Å²) in [6.07, 6.45) is 3.75. The fourth-order valence-electron chi connectivity index (χ4n) is 3.28. The highest BCUT2D eigenvalue weighted by Gasteiger charge is 2.37. The van der Waals surface area contributed by atoms with E-state index >= 15 is 0 Å². The van der Waals surface area contributed by atoms with Crippen LogP contribution in [0.3, 0.4) is 0 Å². The topological polar surface area (TPSA) is 35.5 Å². The lowest BCUT2D eigenvalue weighted by Crippen LogP contribution is -2.54. The molecular formula is C16H32N2O. The van der Waals surface area contributed by atoms with Crippen LogP contribution in [0.2, 0.25) is 0 Å². The number of nitrogens with zero attached hydrogens (tertiary/aromatic N) is 1. The molecule has 1 saturated carbocycles. The number of rotatable bonds is 6. The molecule has 4 atom stereocenters. The highest BCUT2D eigenvalue weighted by Crippen LogP contribution is 2.36. The summed E-state index contributed by atoms with van der Waals surface area (Å²) in [6, 6.07) is 1.25. The van der Waals surface area contributed by atoms with Crippen molar-refractivity contribution in [2.45, 2.75) is 65.1 Å². The Hall–Kier alpha value is -0.120. The Morgan fingerprint density at radius 1 is 1.11 bits per heavy atom. The van der Waals surface area contributed by atoms with Crippen molar-refractivity contribution in [3.05, 3.63) is 0 Å². The molecule has 3 nitrogen and oxygen atoms in total. The molecule has 0 bridgehead atoms. The lowest BCUT2D eigenvalue weighted by molar-refractivity contribution is 0.0276. The van der Waals surface area contributed by atoms with Crippen LogP contribution in [0.5, 0.6) is 0 Å². The first-order valence-electron chi connectivity index (χ1n) is 8.12. The molecule has 1 saturated heterocycles. The summed E-state index contributed by atoms with van der Waals surface area (Å²) in [5, 5.41) is 13.7. The van der Waals surface area contributed by atoms with Crippen LogP contribution in [0.15, 0.2) is 0 Å². The first kappa shape index (κ1) is 15.3. The molecule has 0 amide bonds. The maximum absolute atomic E-state index is 9.97. The van der Waals surface area contributed by atoms with Crippen molar-refractivity contribution in [1.82, 2.24) is 10.2 Å². The summed E-state index contributed by atoms with van der Waals surface area (Å²) >= 11 is 0. The number of likely N-dealkylation sites (tertiary alicyclic amines) is 1. The largest absolute Gasteiger partial charge is 0.393 e. The molecule has 0 aromatic carbocycles. The highest BCUT2D eigenvalue weighted by molar-refractivity contribution is 4.92. The Labute approximate surface area is 118 Å². The van der Waals surface area contributed by atoms with Crippen LogP contribution < -0.4 is 5.32 Å². The van der Waals surface area contributed by atoms with Crippen molar-refractivity contribution in [1.29, 1.82) is 0 Å². The lowest BCUT2D eigenvalue weighted by Gasteiger charge is -2.42. The van der Waals surface area contributed by atoms with Crippen LogP contribution >= 0.6 is 0 Å². The van der Waals surface area contributed by atoms with Crippen molar-refractivity contribution in [2.24, 2.45) is 17.8 Å². The third kappa shape index (κ3) is 4.44. The molecule has 112 valence electrons. The molecule has 4 unspecified atom stereocenters. The summed E-state index contributed by atoms with van der Waals surface area (Å²) in [5.41, 5.74) is 0. The van der Waals surface area contributed by atoms with Crippen molar-refractivity contribution < 1.29 is 5.11 Å². The molecule has 1 heterocycles. The zero-order chi connectivity index (χ0) is 14.0. The number of hydrogen-bond donors (Lipinski definition) is 2. The van der Waals surface area contributed by atoms with E-state index in [4.69, 9.17) is 0 Å². The van der Waals surface area contributed by atoms with Gasteiger partial charge in [0.15, 0.2) is 0 Å². The van der Waals surface area contributed by atoms with Gasteiger partial charge in [-0.05, 0) is 57.4 Å². The number of hydrogen-bond acceptors (Lipinski definition) is 3. The zero-order valence-electron chi connectivity index (χ0n) is 13.1. The molecular weight excluding hydrogens is 236 g/mol. The lowest BCUT2D eigenvalue weighted by atomic mass is 9.88. The molecule has 2 fully saturated rings. The summed E-state index contributed by atoms with van der Waals surface area (Å²) in [7, 11) is 0. The van der Waals surface area contributed by atoms with E-state index in [0.717, 1.165) is 32.0 Å². The molecule has 3 heteroatoms. The predicted octanol–water partition coefficient (Wildman–Crippen LogP) is 2.10. The fourth-order valence-corrected chi connectivity index (χ4v) is 3.28. The van der Waals surface area contributed by atoms with E-state index < -0.39 is 0 Å². The van der Waals surface area contributed by atoms with E-state index in [1.165, 1.54) is 12.8 Å². The number of aliphatic hydroxyl groups is 1. The standard InChI is InChI=1S/C16H32N2O/c1-11(2)8-17-16-7-15(13(4)19)9-18(10-16)12(3)14-5-6-14/h11-17,19H,5-10H2,1-4H3. The van der Waals surface area contributed by atoms with Gasteiger partial charge >= 0.3 is 0 Å². The zero-order valence-corrected chi connectivity index (χ0v) is 13.1. The average Bonchev–Trinajstić information content (AvgIpc) is 3.19. The number of piperidine rings is 1. The van der Waals surface area contributed by atoms with Crippen LogP contribution in [-0.4, -0.2) is 47.8 Å². The van der Waals surface area contributed by atoms with Gasteiger partial charge in [-0.2, -0.15) is 0 Å². The fraction of sp³-hybridized carbons (Fsp3) is 1.00. The van der Waals surface area contributed by atoms with Gasteiger partial charge in [0, 0.05) is 25.2 Å². The Morgan fingerprint density at radius 3 is 2.32 bits per heavy atom. The minimum Gasteiger partial charge on any atom is -0.393 e. The Balaban J connectivity index is 1.91. The van der Waals surface area contributed by atoms with Gasteiger partial charge in [-0.15, -0.1) is 0 Å². The minimum atomic E-state index is -0.183.